The number of amides is 2. The number of carbonyl (C=O) groups excluding carboxylic acids is 2. The third-order valence-electron chi connectivity index (χ3n) is 4.56. The average Bonchev–Trinajstić information content (AvgIpc) is 2.99. The maximum absolute atomic E-state index is 12.6. The van der Waals surface area contributed by atoms with E-state index in [1.807, 2.05) is 19.2 Å². The lowest BCUT2D eigenvalue weighted by Crippen LogP contribution is -2.63. The topological polar surface area (TPSA) is 87.3 Å². The molecule has 3 rings (SSSR count). The molecule has 2 aromatic rings. The van der Waals surface area contributed by atoms with E-state index >= 15 is 0 Å². The molecular weight excluding hydrogens is 320 g/mol. The molecule has 3 heterocycles. The first-order valence-corrected chi connectivity index (χ1v) is 8.44. The fourth-order valence-corrected chi connectivity index (χ4v) is 2.93. The van der Waals surface area contributed by atoms with Crippen LogP contribution in [0.5, 0.6) is 0 Å². The van der Waals surface area contributed by atoms with Crippen LogP contribution >= 0.6 is 0 Å². The second kappa shape index (κ2) is 6.48. The van der Waals surface area contributed by atoms with Crippen molar-refractivity contribution in [1.29, 1.82) is 0 Å². The molecule has 0 saturated carbocycles. The van der Waals surface area contributed by atoms with E-state index in [2.05, 4.69) is 29.1 Å². The van der Waals surface area contributed by atoms with E-state index in [0.29, 0.717) is 24.7 Å². The third-order valence-corrected chi connectivity index (χ3v) is 4.56. The zero-order valence-corrected chi connectivity index (χ0v) is 15.0. The van der Waals surface area contributed by atoms with Gasteiger partial charge in [0.25, 0.3) is 5.91 Å². The highest BCUT2D eigenvalue weighted by atomic mass is 16.5. The Morgan fingerprint density at radius 2 is 2.12 bits per heavy atom. The summed E-state index contributed by atoms with van der Waals surface area (Å²) in [5, 5.41) is 2.52. The molecular formula is C18H24N4O3. The molecule has 1 aliphatic rings. The highest BCUT2D eigenvalue weighted by Gasteiger charge is 2.43. The monoisotopic (exact) mass is 344 g/mol. The molecule has 0 aliphatic carbocycles. The number of carbonyl (C=O) groups is 2. The summed E-state index contributed by atoms with van der Waals surface area (Å²) in [5.74, 6) is 0.131. The van der Waals surface area contributed by atoms with Crippen molar-refractivity contribution < 1.29 is 14.3 Å². The molecule has 2 amide bonds. The molecule has 25 heavy (non-hydrogen) atoms. The molecule has 0 bridgehead atoms. The minimum atomic E-state index is -0.475. The van der Waals surface area contributed by atoms with Crippen LogP contribution in [0.1, 0.15) is 42.7 Å². The molecule has 0 spiro atoms. The van der Waals surface area contributed by atoms with Gasteiger partial charge >= 0.3 is 0 Å². The Bertz CT molecular complexity index is 806. The lowest BCUT2D eigenvalue weighted by atomic mass is 9.96. The molecule has 0 atom stereocenters. The molecule has 1 saturated heterocycles. The molecule has 7 nitrogen and oxygen atoms in total. The van der Waals surface area contributed by atoms with Crippen molar-refractivity contribution in [1.82, 2.24) is 20.2 Å². The van der Waals surface area contributed by atoms with E-state index in [9.17, 15) is 9.59 Å². The number of fused-ring (bicyclic) bond motifs is 1. The van der Waals surface area contributed by atoms with Crippen molar-refractivity contribution in [3.63, 3.8) is 0 Å². The number of nitrogens with one attached hydrogen (secondary N) is 2. The second-order valence-electron chi connectivity index (χ2n) is 7.11. The largest absolute Gasteiger partial charge is 0.362 e. The van der Waals surface area contributed by atoms with E-state index < -0.39 is 5.60 Å². The predicted molar refractivity (Wildman–Crippen MR) is 94.5 cm³/mol. The number of hydrogen-bond acceptors (Lipinski definition) is 4. The van der Waals surface area contributed by atoms with Crippen LogP contribution in [0.4, 0.5) is 0 Å². The van der Waals surface area contributed by atoms with E-state index in [1.165, 1.54) is 0 Å². The number of likely N-dealkylation sites (tertiary alicyclic amines) is 1. The van der Waals surface area contributed by atoms with Crippen molar-refractivity contribution in [2.75, 3.05) is 26.7 Å². The summed E-state index contributed by atoms with van der Waals surface area (Å²) in [6.45, 7) is 7.05. The lowest BCUT2D eigenvalue weighted by Gasteiger charge is -2.47. The van der Waals surface area contributed by atoms with Gasteiger partial charge in [-0.1, -0.05) is 13.8 Å². The van der Waals surface area contributed by atoms with Crippen molar-refractivity contribution in [3.05, 3.63) is 29.6 Å². The van der Waals surface area contributed by atoms with Crippen LogP contribution in [-0.2, 0) is 9.53 Å². The van der Waals surface area contributed by atoms with Gasteiger partial charge in [0.05, 0.1) is 24.1 Å². The number of rotatable bonds is 5. The van der Waals surface area contributed by atoms with Crippen LogP contribution in [-0.4, -0.2) is 59.0 Å². The molecule has 1 aliphatic heterocycles. The molecule has 0 unspecified atom stereocenters. The third kappa shape index (κ3) is 3.51. The maximum Gasteiger partial charge on any atom is 0.270 e. The molecule has 7 heteroatoms. The molecule has 1 fully saturated rings. The lowest BCUT2D eigenvalue weighted by molar-refractivity contribution is -0.145. The Kier molecular flexibility index (Phi) is 4.51. The summed E-state index contributed by atoms with van der Waals surface area (Å²) in [7, 11) is 1.57. The van der Waals surface area contributed by atoms with E-state index in [1.54, 1.807) is 18.0 Å². The van der Waals surface area contributed by atoms with Crippen LogP contribution in [0, 0.1) is 0 Å². The quantitative estimate of drug-likeness (QED) is 0.864. The number of aromatic nitrogens is 2. The van der Waals surface area contributed by atoms with Crippen LogP contribution in [0.15, 0.2) is 18.3 Å². The van der Waals surface area contributed by atoms with Crippen molar-refractivity contribution in [2.45, 2.75) is 32.3 Å². The number of H-pyrrole nitrogens is 1. The van der Waals surface area contributed by atoms with E-state index in [0.717, 1.165) is 16.6 Å². The minimum absolute atomic E-state index is 0.00329. The first kappa shape index (κ1) is 17.4. The zero-order chi connectivity index (χ0) is 18.2. The molecule has 134 valence electrons. The van der Waals surface area contributed by atoms with Crippen LogP contribution < -0.4 is 5.32 Å². The minimum Gasteiger partial charge on any atom is -0.362 e. The van der Waals surface area contributed by atoms with Gasteiger partial charge in [0.1, 0.15) is 17.9 Å². The number of aromatic amines is 1. The summed E-state index contributed by atoms with van der Waals surface area (Å²) >= 11 is 0. The van der Waals surface area contributed by atoms with Crippen molar-refractivity contribution in [3.8, 4) is 0 Å². The fourth-order valence-electron chi connectivity index (χ4n) is 2.93. The van der Waals surface area contributed by atoms with Gasteiger partial charge in [0.15, 0.2) is 0 Å². The molecule has 2 aromatic heterocycles. The summed E-state index contributed by atoms with van der Waals surface area (Å²) in [5.41, 5.74) is 2.84. The van der Waals surface area contributed by atoms with Gasteiger partial charge in [-0.05, 0) is 30.5 Å². The second-order valence-corrected chi connectivity index (χ2v) is 7.11. The Balaban J connectivity index is 1.66. The predicted octanol–water partition coefficient (Wildman–Crippen LogP) is 1.66. The first-order valence-electron chi connectivity index (χ1n) is 8.44. The number of nitrogens with zero attached hydrogens (tertiary/aromatic N) is 2. The average molecular weight is 344 g/mol. The number of hydrogen-bond donors (Lipinski definition) is 2. The van der Waals surface area contributed by atoms with Gasteiger partial charge in [-0.15, -0.1) is 0 Å². The van der Waals surface area contributed by atoms with E-state index in [4.69, 9.17) is 4.74 Å². The number of pyridine rings is 1. The van der Waals surface area contributed by atoms with Gasteiger partial charge in [0.2, 0.25) is 5.91 Å². The highest BCUT2D eigenvalue weighted by Crippen LogP contribution is 2.27. The SMILES string of the molecule is CNC(=O)COC1(C)CN(C(=O)c2cc3ncc(C(C)C)cc3[nH]2)C1. The van der Waals surface area contributed by atoms with Crippen molar-refractivity contribution >= 4 is 22.8 Å². The zero-order valence-electron chi connectivity index (χ0n) is 15.0. The summed E-state index contributed by atoms with van der Waals surface area (Å²) in [4.78, 5) is 33.2. The highest BCUT2D eigenvalue weighted by molar-refractivity contribution is 5.97. The Morgan fingerprint density at radius 1 is 1.40 bits per heavy atom. The Labute approximate surface area is 146 Å². The van der Waals surface area contributed by atoms with Gasteiger partial charge < -0.3 is 19.9 Å². The molecule has 0 aromatic carbocycles. The van der Waals surface area contributed by atoms with E-state index in [-0.39, 0.29) is 18.4 Å². The normalized spacial score (nSPS) is 16.1. The molecule has 2 N–H and O–H groups in total. The van der Waals surface area contributed by atoms with Crippen LogP contribution in [0.3, 0.4) is 0 Å². The summed E-state index contributed by atoms with van der Waals surface area (Å²) < 4.78 is 5.61. The Hall–Kier alpha value is -2.41. The fraction of sp³-hybridized carbons (Fsp3) is 0.500. The number of likely N-dealkylation sites (N-methyl/N-ethyl adjacent to an activating group) is 1. The summed E-state index contributed by atoms with van der Waals surface area (Å²) in [6.07, 6.45) is 1.85. The van der Waals surface area contributed by atoms with Crippen LogP contribution in [0.2, 0.25) is 0 Å². The van der Waals surface area contributed by atoms with Gasteiger partial charge in [-0.25, -0.2) is 0 Å². The van der Waals surface area contributed by atoms with Crippen molar-refractivity contribution in [2.24, 2.45) is 0 Å². The number of ether oxygens (including phenoxy) is 1. The van der Waals surface area contributed by atoms with Gasteiger partial charge in [-0.2, -0.15) is 0 Å². The van der Waals surface area contributed by atoms with Crippen LogP contribution in [0.25, 0.3) is 11.0 Å². The maximum atomic E-state index is 12.6. The standard InChI is InChI=1S/C18H24N4O3/c1-11(2)12-5-14-13(20-7-12)6-15(21-14)17(24)22-9-18(3,10-22)25-8-16(23)19-4/h5-7,11,21H,8-10H2,1-4H3,(H,19,23). The van der Waals surface area contributed by atoms with Gasteiger partial charge in [0, 0.05) is 13.2 Å². The summed E-state index contributed by atoms with van der Waals surface area (Å²) in [6, 6.07) is 3.82. The smallest absolute Gasteiger partial charge is 0.270 e. The first-order chi connectivity index (χ1) is 11.8. The van der Waals surface area contributed by atoms with Gasteiger partial charge in [-0.3, -0.25) is 14.6 Å². The molecule has 0 radical (unpaired) electrons. The Morgan fingerprint density at radius 3 is 2.76 bits per heavy atom.